The van der Waals surface area contributed by atoms with Gasteiger partial charge in [0.05, 0.1) is 11.2 Å². The molecule has 4 rings (SSSR count). The topological polar surface area (TPSA) is 61.5 Å². The average Bonchev–Trinajstić information content (AvgIpc) is 3.16. The van der Waals surface area contributed by atoms with Gasteiger partial charge in [0.15, 0.2) is 0 Å². The third kappa shape index (κ3) is 5.00. The van der Waals surface area contributed by atoms with Crippen LogP contribution >= 0.6 is 0 Å². The highest BCUT2D eigenvalue weighted by Crippen LogP contribution is 2.31. The summed E-state index contributed by atoms with van der Waals surface area (Å²) < 4.78 is 5.59. The Balaban J connectivity index is 1.56. The van der Waals surface area contributed by atoms with Crippen LogP contribution in [-0.4, -0.2) is 52.2 Å². The van der Waals surface area contributed by atoms with Crippen LogP contribution in [0.5, 0.6) is 0 Å². The van der Waals surface area contributed by atoms with Gasteiger partial charge in [-0.05, 0) is 50.8 Å². The fourth-order valence-electron chi connectivity index (χ4n) is 4.31. The van der Waals surface area contributed by atoms with Crippen LogP contribution in [-0.2, 0) is 10.2 Å². The van der Waals surface area contributed by atoms with E-state index in [0.717, 1.165) is 41.2 Å². The summed E-state index contributed by atoms with van der Waals surface area (Å²) in [4.78, 5) is 25.2. The normalized spacial score (nSPS) is 17.5. The van der Waals surface area contributed by atoms with Gasteiger partial charge < -0.3 is 19.5 Å². The molecular weight excluding hydrogens is 412 g/mol. The third-order valence-corrected chi connectivity index (χ3v) is 6.11. The number of rotatable bonds is 2. The van der Waals surface area contributed by atoms with Gasteiger partial charge in [0.2, 0.25) is 0 Å². The van der Waals surface area contributed by atoms with Crippen LogP contribution in [0.3, 0.4) is 0 Å². The van der Waals surface area contributed by atoms with E-state index in [-0.39, 0.29) is 17.6 Å². The molecule has 0 bridgehead atoms. The summed E-state index contributed by atoms with van der Waals surface area (Å²) in [6.07, 6.45) is -0.242. The first-order valence-corrected chi connectivity index (χ1v) is 11.8. The van der Waals surface area contributed by atoms with E-state index >= 15 is 0 Å². The number of nitrogens with zero attached hydrogens (tertiary/aromatic N) is 3. The Kier molecular flexibility index (Phi) is 5.89. The van der Waals surface area contributed by atoms with Gasteiger partial charge in [-0.15, -0.1) is 0 Å². The Labute approximate surface area is 196 Å². The van der Waals surface area contributed by atoms with Gasteiger partial charge in [-0.25, -0.2) is 9.78 Å². The summed E-state index contributed by atoms with van der Waals surface area (Å²) in [6, 6.07) is 14.9. The number of hydrogen-bond donors (Lipinski definition) is 1. The molecule has 6 nitrogen and oxygen atoms in total. The van der Waals surface area contributed by atoms with E-state index in [9.17, 15) is 4.79 Å². The molecule has 2 heterocycles. The van der Waals surface area contributed by atoms with E-state index in [4.69, 9.17) is 9.72 Å². The lowest BCUT2D eigenvalue weighted by molar-refractivity contribution is 0.0159. The number of nitrogens with one attached hydrogen (secondary N) is 1. The number of ether oxygens (including phenoxy) is 1. The van der Waals surface area contributed by atoms with Crippen molar-refractivity contribution in [1.29, 1.82) is 0 Å². The highest BCUT2D eigenvalue weighted by atomic mass is 16.6. The quantitative estimate of drug-likeness (QED) is 0.524. The molecule has 1 aromatic heterocycles. The maximum Gasteiger partial charge on any atom is 0.410 e. The Morgan fingerprint density at radius 1 is 1.03 bits per heavy atom. The molecule has 1 atom stereocenters. The smallest absolute Gasteiger partial charge is 0.410 e. The van der Waals surface area contributed by atoms with Crippen molar-refractivity contribution >= 4 is 22.8 Å². The number of benzene rings is 2. The number of fused-ring (bicyclic) bond motifs is 1. The molecule has 1 fully saturated rings. The number of imidazole rings is 1. The number of H-pyrrole nitrogens is 1. The molecule has 0 saturated carbocycles. The number of carbonyl (C=O) groups excluding carboxylic acids is 1. The van der Waals surface area contributed by atoms with Gasteiger partial charge in [-0.1, -0.05) is 51.1 Å². The van der Waals surface area contributed by atoms with Crippen LogP contribution in [0.25, 0.3) is 22.4 Å². The van der Waals surface area contributed by atoms with Gasteiger partial charge in [-0.3, -0.25) is 0 Å². The van der Waals surface area contributed by atoms with Crippen LogP contribution in [0.15, 0.2) is 42.5 Å². The molecule has 1 unspecified atom stereocenters. The van der Waals surface area contributed by atoms with E-state index in [2.05, 4.69) is 80.0 Å². The summed E-state index contributed by atoms with van der Waals surface area (Å²) >= 11 is 0. The molecule has 1 saturated heterocycles. The zero-order valence-corrected chi connectivity index (χ0v) is 20.9. The Bertz CT molecular complexity index is 1140. The van der Waals surface area contributed by atoms with E-state index in [0.29, 0.717) is 6.54 Å². The van der Waals surface area contributed by atoms with Crippen LogP contribution in [0.4, 0.5) is 10.5 Å². The molecule has 0 spiro atoms. The first-order chi connectivity index (χ1) is 15.4. The zero-order valence-electron chi connectivity index (χ0n) is 20.9. The maximum absolute atomic E-state index is 12.6. The molecule has 1 N–H and O–H groups in total. The number of para-hydroxylation sites is 1. The van der Waals surface area contributed by atoms with Crippen LogP contribution in [0, 0.1) is 0 Å². The molecule has 33 heavy (non-hydrogen) atoms. The third-order valence-electron chi connectivity index (χ3n) is 6.11. The number of amides is 1. The molecule has 1 aliphatic heterocycles. The second-order valence-electron chi connectivity index (χ2n) is 11.1. The number of aromatic amines is 1. The standard InChI is InChI=1S/C27H36N4O2/c1-18-17-30(15-16-31(18)25(32)33-27(5,6)7)22-10-8-9-21-23(22)29-24(28-21)19-11-13-20(14-12-19)26(2,3)4/h8-14,18H,15-17H2,1-7H3,(H,28,29). The average molecular weight is 449 g/mol. The number of aromatic nitrogens is 2. The Hall–Kier alpha value is -3.02. The molecule has 0 radical (unpaired) electrons. The van der Waals surface area contributed by atoms with Crippen LogP contribution < -0.4 is 4.90 Å². The second kappa shape index (κ2) is 8.40. The predicted octanol–water partition coefficient (Wildman–Crippen LogP) is 5.97. The van der Waals surface area contributed by atoms with E-state index in [1.165, 1.54) is 5.56 Å². The van der Waals surface area contributed by atoms with Crippen molar-refractivity contribution < 1.29 is 9.53 Å². The Morgan fingerprint density at radius 2 is 1.73 bits per heavy atom. The van der Waals surface area contributed by atoms with Crippen molar-refractivity contribution in [2.24, 2.45) is 0 Å². The Morgan fingerprint density at radius 3 is 2.33 bits per heavy atom. The van der Waals surface area contributed by atoms with Gasteiger partial charge in [0, 0.05) is 31.2 Å². The lowest BCUT2D eigenvalue weighted by Gasteiger charge is -2.41. The van der Waals surface area contributed by atoms with Gasteiger partial charge in [-0.2, -0.15) is 0 Å². The summed E-state index contributed by atoms with van der Waals surface area (Å²) in [5.74, 6) is 0.873. The predicted molar refractivity (Wildman–Crippen MR) is 135 cm³/mol. The maximum atomic E-state index is 12.6. The molecule has 1 aliphatic rings. The van der Waals surface area contributed by atoms with Gasteiger partial charge >= 0.3 is 6.09 Å². The molecule has 1 amide bonds. The highest BCUT2D eigenvalue weighted by Gasteiger charge is 2.31. The van der Waals surface area contributed by atoms with E-state index in [1.807, 2.05) is 25.7 Å². The molecule has 2 aromatic carbocycles. The number of piperazine rings is 1. The van der Waals surface area contributed by atoms with Gasteiger partial charge in [0.25, 0.3) is 0 Å². The van der Waals surface area contributed by atoms with E-state index < -0.39 is 5.60 Å². The minimum atomic E-state index is -0.490. The SMILES string of the molecule is CC1CN(c2cccc3[nH]c(-c4ccc(C(C)(C)C)cc4)nc23)CCN1C(=O)OC(C)(C)C. The van der Waals surface area contributed by atoms with Crippen molar-refractivity contribution in [1.82, 2.24) is 14.9 Å². The van der Waals surface area contributed by atoms with E-state index in [1.54, 1.807) is 0 Å². The van der Waals surface area contributed by atoms with Crippen molar-refractivity contribution in [3.63, 3.8) is 0 Å². The van der Waals surface area contributed by atoms with Crippen molar-refractivity contribution in [3.8, 4) is 11.4 Å². The first-order valence-electron chi connectivity index (χ1n) is 11.8. The van der Waals surface area contributed by atoms with Crippen molar-refractivity contribution in [2.45, 2.75) is 65.5 Å². The fourth-order valence-corrected chi connectivity index (χ4v) is 4.31. The minimum absolute atomic E-state index is 0.0483. The lowest BCUT2D eigenvalue weighted by Crippen LogP contribution is -2.55. The molecular formula is C27H36N4O2. The lowest BCUT2D eigenvalue weighted by atomic mass is 9.87. The summed E-state index contributed by atoms with van der Waals surface area (Å²) in [7, 11) is 0. The number of hydrogen-bond acceptors (Lipinski definition) is 4. The van der Waals surface area contributed by atoms with Crippen LogP contribution in [0.2, 0.25) is 0 Å². The largest absolute Gasteiger partial charge is 0.444 e. The number of carbonyl (C=O) groups is 1. The van der Waals surface area contributed by atoms with Gasteiger partial charge in [0.1, 0.15) is 16.9 Å². The first kappa shape index (κ1) is 23.1. The highest BCUT2D eigenvalue weighted by molar-refractivity contribution is 5.91. The summed E-state index contributed by atoms with van der Waals surface area (Å²) in [5.41, 5.74) is 5.09. The fraction of sp³-hybridized carbons (Fsp3) is 0.481. The summed E-state index contributed by atoms with van der Waals surface area (Å²) in [6.45, 7) is 16.5. The van der Waals surface area contributed by atoms with Crippen molar-refractivity contribution in [2.75, 3.05) is 24.5 Å². The van der Waals surface area contributed by atoms with Crippen LogP contribution in [0.1, 0.15) is 54.0 Å². The molecule has 0 aliphatic carbocycles. The minimum Gasteiger partial charge on any atom is -0.444 e. The molecule has 176 valence electrons. The second-order valence-corrected chi connectivity index (χ2v) is 11.1. The number of anilines is 1. The molecule has 6 heteroatoms. The zero-order chi connectivity index (χ0) is 24.0. The summed E-state index contributed by atoms with van der Waals surface area (Å²) in [5, 5.41) is 0. The monoisotopic (exact) mass is 448 g/mol. The molecule has 3 aromatic rings. The van der Waals surface area contributed by atoms with Crippen molar-refractivity contribution in [3.05, 3.63) is 48.0 Å².